The molecule has 472 valence electrons. The van der Waals surface area contributed by atoms with Gasteiger partial charge in [0.05, 0.1) is 26.4 Å². The Hall–Kier alpha value is -3.20. The second-order valence-electron chi connectivity index (χ2n) is 13.6. The lowest BCUT2D eigenvalue weighted by atomic mass is 10.3. The van der Waals surface area contributed by atoms with Crippen molar-refractivity contribution in [1.29, 1.82) is 0 Å². The van der Waals surface area contributed by atoms with E-state index in [0.717, 1.165) is 0 Å². The number of rotatable bonds is 27. The summed E-state index contributed by atoms with van der Waals surface area (Å²) in [6.07, 6.45) is -88.8. The number of ether oxygens (including phenoxy) is 8. The summed E-state index contributed by atoms with van der Waals surface area (Å²) >= 11 is 0. The molecule has 50 heteroatoms. The molecule has 6 atom stereocenters. The molecule has 0 aromatic rings. The van der Waals surface area contributed by atoms with Gasteiger partial charge in [-0.15, -0.1) is 0 Å². The first-order valence-electron chi connectivity index (χ1n) is 17.6. The van der Waals surface area contributed by atoms with Crippen molar-refractivity contribution in [3.8, 4) is 0 Å². The van der Waals surface area contributed by atoms with Gasteiger partial charge in [-0.3, -0.25) is 18.9 Å². The third kappa shape index (κ3) is 19.8. The molecule has 6 unspecified atom stereocenters. The van der Waals surface area contributed by atoms with Gasteiger partial charge < -0.3 is 29.2 Å². The predicted octanol–water partition coefficient (Wildman–Crippen LogP) is 11.6. The van der Waals surface area contributed by atoms with Crippen molar-refractivity contribution in [3.63, 3.8) is 0 Å². The number of hydrogen-bond donors (Lipinski definition) is 2. The minimum Gasteiger partial charge on any atom is -0.390 e. The normalized spacial score (nSPS) is 18.8. The van der Waals surface area contributed by atoms with Crippen molar-refractivity contribution in [3.05, 3.63) is 0 Å². The minimum absolute atomic E-state index is 0.0454. The molecule has 1 rings (SSSR count). The zero-order chi connectivity index (χ0) is 63.4. The van der Waals surface area contributed by atoms with E-state index < -0.39 is 168 Å². The average Bonchev–Trinajstić information content (AvgIpc) is 4.05. The van der Waals surface area contributed by atoms with E-state index in [1.54, 1.807) is 0 Å². The summed E-state index contributed by atoms with van der Waals surface area (Å²) in [5.41, 5.74) is 0. The molecule has 0 bridgehead atoms. The van der Waals surface area contributed by atoms with Crippen LogP contribution >= 0.6 is 0 Å². The van der Waals surface area contributed by atoms with Crippen LogP contribution in [0, 0.1) is 0 Å². The third-order valence-electron chi connectivity index (χ3n) is 7.23. The van der Waals surface area contributed by atoms with Gasteiger partial charge in [-0.1, -0.05) is 0 Å². The molecule has 78 heavy (non-hydrogen) atoms. The SMILES string of the molecule is FC(OC(F)(F)C(F)(F)C(F)(F)F)C(F)(F)OCC1CO1.OC(COCC(F)(F)C(F)OC(F)(F)C(F)(F)C(F)(F)F)COC(F)(F)C(F)OC(F)(F)C(F)(F)C(F)(F)F.OCC(F)(F)C(F)OC(F)(F)C(F)(F)C(F)(F)F. The van der Waals surface area contributed by atoms with Gasteiger partial charge in [0.15, 0.2) is 0 Å². The second-order valence-corrected chi connectivity index (χ2v) is 13.6. The van der Waals surface area contributed by atoms with E-state index in [1.165, 1.54) is 0 Å². The predicted molar refractivity (Wildman–Crippen MR) is 153 cm³/mol. The van der Waals surface area contributed by atoms with Crippen LogP contribution < -0.4 is 0 Å². The lowest BCUT2D eigenvalue weighted by Crippen LogP contribution is -2.56. The van der Waals surface area contributed by atoms with E-state index in [9.17, 15) is 176 Å². The first-order chi connectivity index (χ1) is 33.8. The van der Waals surface area contributed by atoms with E-state index >= 15 is 0 Å². The van der Waals surface area contributed by atoms with Gasteiger partial charge in [-0.25, -0.2) is 17.6 Å². The van der Waals surface area contributed by atoms with E-state index in [4.69, 9.17) is 10.2 Å². The van der Waals surface area contributed by atoms with Crippen LogP contribution in [0.25, 0.3) is 0 Å². The highest BCUT2D eigenvalue weighted by molar-refractivity contribution is 4.89. The number of halogens is 40. The van der Waals surface area contributed by atoms with Crippen LogP contribution in [0.1, 0.15) is 0 Å². The number of alkyl halides is 40. The molecule has 1 saturated heterocycles. The summed E-state index contributed by atoms with van der Waals surface area (Å²) in [7, 11) is 0. The smallest absolute Gasteiger partial charge is 0.390 e. The molecule has 1 heterocycles. The summed E-state index contributed by atoms with van der Waals surface area (Å²) in [5.74, 6) is -38.8. The van der Waals surface area contributed by atoms with Gasteiger partial charge >= 0.3 is 96.9 Å². The Morgan fingerprint density at radius 3 is 0.897 bits per heavy atom. The summed E-state index contributed by atoms with van der Waals surface area (Å²) in [5, 5.41) is 16.9. The molecule has 0 radical (unpaired) electrons. The highest BCUT2D eigenvalue weighted by Gasteiger charge is 2.79. The molecule has 0 amide bonds. The van der Waals surface area contributed by atoms with Gasteiger partial charge in [0, 0.05) is 0 Å². The monoisotopic (exact) mass is 1280 g/mol. The van der Waals surface area contributed by atoms with Crippen LogP contribution in [-0.2, 0) is 37.9 Å². The fraction of sp³-hybridized carbons (Fsp3) is 1.00. The van der Waals surface area contributed by atoms with E-state index in [2.05, 4.69) is 37.9 Å². The molecule has 0 aliphatic carbocycles. The summed E-state index contributed by atoms with van der Waals surface area (Å²) < 4.78 is 518. The Morgan fingerprint density at radius 1 is 0.385 bits per heavy atom. The zero-order valence-electron chi connectivity index (χ0n) is 35.0. The summed E-state index contributed by atoms with van der Waals surface area (Å²) in [6, 6.07) is 0. The van der Waals surface area contributed by atoms with E-state index in [-0.39, 0.29) is 6.61 Å². The van der Waals surface area contributed by atoms with Crippen molar-refractivity contribution in [2.24, 2.45) is 0 Å². The Balaban J connectivity index is 0. The maximum absolute atomic E-state index is 13.3. The molecule has 10 nitrogen and oxygen atoms in total. The molecule has 2 N–H and O–H groups in total. The Kier molecular flexibility index (Phi) is 24.7. The van der Waals surface area contributed by atoms with E-state index in [1.807, 2.05) is 0 Å². The first kappa shape index (κ1) is 76.9. The molecule has 1 fully saturated rings. The van der Waals surface area contributed by atoms with Gasteiger partial charge in [-0.2, -0.15) is 158 Å². The lowest BCUT2D eigenvalue weighted by Gasteiger charge is -2.31. The summed E-state index contributed by atoms with van der Waals surface area (Å²) in [4.78, 5) is 0. The highest BCUT2D eigenvalue weighted by Crippen LogP contribution is 2.52. The van der Waals surface area contributed by atoms with Crippen molar-refractivity contribution in [1.82, 2.24) is 0 Å². The highest BCUT2D eigenvalue weighted by atomic mass is 19.5. The fourth-order valence-corrected chi connectivity index (χ4v) is 3.01. The maximum Gasteiger partial charge on any atom is 0.462 e. The summed E-state index contributed by atoms with van der Waals surface area (Å²) in [6.45, 7) is -10.1. The average molecular weight is 1280 g/mol. The number of epoxide rings is 1. The standard InChI is InChI=1S/C14H10F20O5.C8H6F10O3.C6H4F10O2/c15-5(38-13(31,32)9(21,22)11(25,26)27)7(17,18)3-36-1-4(35)2-37-8(19,20)6(16)39-14(33,34)10(23,24)12(28,29)30;9-4(5(10,11)20-2-3-1-19-3)21-8(17,18)6(12,13)7(14,15)16;7-2(3(8,9)1-17)18-6(15,16)4(10,11)5(12,13)14/h4-6,35H,1-3H2;3-4H,1-2H2;2,17H,1H2. The molecular weight excluding hydrogens is 1260 g/mol. The largest absolute Gasteiger partial charge is 0.462 e. The van der Waals surface area contributed by atoms with Crippen LogP contribution in [0.4, 0.5) is 176 Å². The van der Waals surface area contributed by atoms with Crippen molar-refractivity contribution < 1.29 is 224 Å². The molecule has 0 aromatic carbocycles. The van der Waals surface area contributed by atoms with Crippen LogP contribution in [0.2, 0.25) is 0 Å². The molecule has 0 saturated carbocycles. The Labute approximate surface area is 399 Å². The van der Waals surface area contributed by atoms with Gasteiger partial charge in [-0.05, 0) is 0 Å². The molecule has 1 aliphatic heterocycles. The Bertz CT molecular complexity index is 1810. The lowest BCUT2D eigenvalue weighted by molar-refractivity contribution is -0.465. The van der Waals surface area contributed by atoms with Crippen LogP contribution in [0.5, 0.6) is 0 Å². The number of aliphatic hydroxyl groups excluding tert-OH is 2. The minimum atomic E-state index is -7.22. The zero-order valence-corrected chi connectivity index (χ0v) is 35.0. The quantitative estimate of drug-likeness (QED) is 0.0608. The number of hydrogen-bond acceptors (Lipinski definition) is 10. The fourth-order valence-electron chi connectivity index (χ4n) is 3.01. The van der Waals surface area contributed by atoms with E-state index in [0.29, 0.717) is 0 Å². The van der Waals surface area contributed by atoms with Crippen molar-refractivity contribution >= 4 is 0 Å². The number of aliphatic hydroxyl groups is 2. The van der Waals surface area contributed by atoms with Crippen molar-refractivity contribution in [2.45, 2.75) is 135 Å². The van der Waals surface area contributed by atoms with Crippen LogP contribution in [0.15, 0.2) is 0 Å². The first-order valence-corrected chi connectivity index (χ1v) is 17.6. The van der Waals surface area contributed by atoms with Gasteiger partial charge in [0.25, 0.3) is 25.4 Å². The van der Waals surface area contributed by atoms with Gasteiger partial charge in [0.2, 0.25) is 0 Å². The topological polar surface area (TPSA) is 118 Å². The third-order valence-corrected chi connectivity index (χ3v) is 7.23. The Morgan fingerprint density at radius 2 is 0.641 bits per heavy atom. The maximum atomic E-state index is 13.3. The second kappa shape index (κ2) is 25.1. The van der Waals surface area contributed by atoms with Crippen LogP contribution in [-0.4, -0.2) is 184 Å². The molecular formula is C28H20F40O10. The van der Waals surface area contributed by atoms with Crippen molar-refractivity contribution in [2.75, 3.05) is 39.6 Å². The van der Waals surface area contributed by atoms with Crippen LogP contribution in [0.3, 0.4) is 0 Å². The molecule has 0 aromatic heterocycles. The molecule has 0 spiro atoms. The molecule has 1 aliphatic rings. The van der Waals surface area contributed by atoms with Gasteiger partial charge in [0.1, 0.15) is 25.4 Å².